The minimum atomic E-state index is 0.660. The Bertz CT molecular complexity index is 3770. The van der Waals surface area contributed by atoms with Crippen molar-refractivity contribution in [3.8, 4) is 28.3 Å². The first-order valence-corrected chi connectivity index (χ1v) is 19.2. The van der Waals surface area contributed by atoms with Gasteiger partial charge in [-0.05, 0) is 81.2 Å². The molecule has 4 heteroatoms. The minimum Gasteiger partial charge on any atom is -0.308 e. The van der Waals surface area contributed by atoms with E-state index in [9.17, 15) is 0 Å². The van der Waals surface area contributed by atoms with E-state index in [-0.39, 0.29) is 0 Å². The first kappa shape index (κ1) is 29.8. The number of aromatic nitrogens is 4. The zero-order valence-electron chi connectivity index (χ0n) is 30.1. The van der Waals surface area contributed by atoms with Gasteiger partial charge in [-0.1, -0.05) is 133 Å². The van der Waals surface area contributed by atoms with E-state index in [1.54, 1.807) is 0 Å². The van der Waals surface area contributed by atoms with Crippen LogP contribution in [-0.4, -0.2) is 18.9 Å². The summed E-state index contributed by atoms with van der Waals surface area (Å²) in [5.41, 5.74) is 11.1. The Morgan fingerprint density at radius 2 is 0.911 bits per heavy atom. The highest BCUT2D eigenvalue weighted by Crippen LogP contribution is 2.47. The predicted molar refractivity (Wildman–Crippen MR) is 234 cm³/mol. The molecule has 13 aromatic rings. The van der Waals surface area contributed by atoms with Gasteiger partial charge in [0.25, 0.3) is 0 Å². The standard InChI is InChI=1S/C52H30N4/c1-3-13-33-27-35(23-21-31(33)11-1)36-25-26-47-41(29-36)43-30-42-38-15-6-9-19-45(38)55-46-20-10-7-17-40(46)48(50(42)55)51(43)56(47)52-53-44-18-8-5-16-39(44)49(54-52)37-24-22-32-12-2-4-14-34(32)28-37/h1-30H. The third-order valence-corrected chi connectivity index (χ3v) is 12.0. The molecule has 0 bridgehead atoms. The third kappa shape index (κ3) is 4.02. The Kier molecular flexibility index (Phi) is 5.86. The lowest BCUT2D eigenvalue weighted by atomic mass is 9.98. The fourth-order valence-electron chi connectivity index (χ4n) is 9.48. The number of nitrogens with zero attached hydrogens (tertiary/aromatic N) is 4. The third-order valence-electron chi connectivity index (χ3n) is 12.0. The van der Waals surface area contributed by atoms with Crippen molar-refractivity contribution < 1.29 is 0 Å². The zero-order chi connectivity index (χ0) is 36.5. The second kappa shape index (κ2) is 11.0. The molecule has 0 fully saturated rings. The molecule has 0 unspecified atom stereocenters. The predicted octanol–water partition coefficient (Wildman–Crippen LogP) is 13.5. The smallest absolute Gasteiger partial charge is 0.235 e. The van der Waals surface area contributed by atoms with Crippen molar-refractivity contribution in [3.63, 3.8) is 0 Å². The first-order chi connectivity index (χ1) is 27.8. The maximum atomic E-state index is 5.55. The van der Waals surface area contributed by atoms with Crippen LogP contribution < -0.4 is 0 Å². The topological polar surface area (TPSA) is 35.1 Å². The van der Waals surface area contributed by atoms with Gasteiger partial charge >= 0.3 is 0 Å². The minimum absolute atomic E-state index is 0.660. The SMILES string of the molecule is c1ccc2cc(-c3ccc4c(c3)c3cc5c6ccccc6n6c7ccccc7c(c3n4-c3nc(-c4ccc7ccccc7c4)c4ccccc4n3)c56)ccc2c1. The van der Waals surface area contributed by atoms with Gasteiger partial charge in [0, 0.05) is 43.3 Å². The summed E-state index contributed by atoms with van der Waals surface area (Å²) >= 11 is 0. The average molecular weight is 711 g/mol. The summed E-state index contributed by atoms with van der Waals surface area (Å²) in [7, 11) is 0. The van der Waals surface area contributed by atoms with Crippen molar-refractivity contribution in [1.82, 2.24) is 18.9 Å². The molecule has 0 aliphatic rings. The van der Waals surface area contributed by atoms with Crippen LogP contribution in [0.25, 0.3) is 121 Å². The Balaban J connectivity index is 1.20. The lowest BCUT2D eigenvalue weighted by molar-refractivity contribution is 1.02. The summed E-state index contributed by atoms with van der Waals surface area (Å²) in [6.45, 7) is 0. The first-order valence-electron chi connectivity index (χ1n) is 19.2. The molecule has 0 saturated carbocycles. The highest BCUT2D eigenvalue weighted by molar-refractivity contribution is 6.34. The summed E-state index contributed by atoms with van der Waals surface area (Å²) in [5.74, 6) is 0.660. The number of rotatable bonds is 3. The van der Waals surface area contributed by atoms with E-state index in [0.717, 1.165) is 33.2 Å². The molecule has 4 heterocycles. The van der Waals surface area contributed by atoms with Gasteiger partial charge in [-0.25, -0.2) is 9.97 Å². The van der Waals surface area contributed by atoms with Crippen LogP contribution in [0.5, 0.6) is 0 Å². The van der Waals surface area contributed by atoms with Gasteiger partial charge in [0.2, 0.25) is 5.95 Å². The number of fused-ring (bicyclic) bond motifs is 13. The van der Waals surface area contributed by atoms with E-state index in [1.165, 1.54) is 81.5 Å². The van der Waals surface area contributed by atoms with Crippen LogP contribution in [0.3, 0.4) is 0 Å². The molecule has 56 heavy (non-hydrogen) atoms. The average Bonchev–Trinajstić information content (AvgIpc) is 3.90. The zero-order valence-corrected chi connectivity index (χ0v) is 30.1. The lowest BCUT2D eigenvalue weighted by Crippen LogP contribution is -2.03. The molecular weight excluding hydrogens is 681 g/mol. The van der Waals surface area contributed by atoms with Crippen LogP contribution in [0.2, 0.25) is 0 Å². The molecule has 0 radical (unpaired) electrons. The van der Waals surface area contributed by atoms with Crippen molar-refractivity contribution >= 4 is 92.3 Å². The Morgan fingerprint density at radius 1 is 0.339 bits per heavy atom. The molecule has 4 aromatic heterocycles. The van der Waals surface area contributed by atoms with Crippen molar-refractivity contribution in [2.24, 2.45) is 0 Å². The molecule has 0 N–H and O–H groups in total. The van der Waals surface area contributed by atoms with E-state index in [4.69, 9.17) is 9.97 Å². The molecule has 0 spiro atoms. The summed E-state index contributed by atoms with van der Waals surface area (Å²) in [6.07, 6.45) is 0. The maximum absolute atomic E-state index is 5.55. The highest BCUT2D eigenvalue weighted by Gasteiger charge is 2.26. The van der Waals surface area contributed by atoms with Gasteiger partial charge in [0.1, 0.15) is 0 Å². The monoisotopic (exact) mass is 710 g/mol. The van der Waals surface area contributed by atoms with Gasteiger partial charge in [-0.3, -0.25) is 4.57 Å². The van der Waals surface area contributed by atoms with Crippen LogP contribution in [0.15, 0.2) is 182 Å². The van der Waals surface area contributed by atoms with Gasteiger partial charge in [0.15, 0.2) is 0 Å². The van der Waals surface area contributed by atoms with Crippen molar-refractivity contribution in [2.45, 2.75) is 0 Å². The fraction of sp³-hybridized carbons (Fsp3) is 0. The number of para-hydroxylation sites is 3. The Labute approximate surface area is 320 Å². The molecular formula is C52H30N4. The van der Waals surface area contributed by atoms with Crippen LogP contribution in [-0.2, 0) is 0 Å². The van der Waals surface area contributed by atoms with Gasteiger partial charge in [0.05, 0.1) is 38.8 Å². The highest BCUT2D eigenvalue weighted by atomic mass is 15.2. The molecule has 0 aliphatic carbocycles. The summed E-state index contributed by atoms with van der Waals surface area (Å²) in [5, 5.41) is 13.2. The Hall–Kier alpha value is -7.56. The molecule has 9 aromatic carbocycles. The van der Waals surface area contributed by atoms with E-state index in [0.29, 0.717) is 5.95 Å². The largest absolute Gasteiger partial charge is 0.308 e. The quantitative estimate of drug-likeness (QED) is 0.183. The van der Waals surface area contributed by atoms with E-state index in [1.807, 2.05) is 0 Å². The molecule has 13 rings (SSSR count). The fourth-order valence-corrected chi connectivity index (χ4v) is 9.48. The molecule has 0 aliphatic heterocycles. The van der Waals surface area contributed by atoms with E-state index in [2.05, 4.69) is 191 Å². The molecule has 0 amide bonds. The number of hydrogen-bond acceptors (Lipinski definition) is 2. The number of hydrogen-bond donors (Lipinski definition) is 0. The second-order valence-electron chi connectivity index (χ2n) is 15.0. The Morgan fingerprint density at radius 3 is 1.70 bits per heavy atom. The normalized spacial score (nSPS) is 12.3. The summed E-state index contributed by atoms with van der Waals surface area (Å²) in [4.78, 5) is 10.9. The summed E-state index contributed by atoms with van der Waals surface area (Å²) < 4.78 is 4.80. The molecule has 0 saturated heterocycles. The molecule has 0 atom stereocenters. The van der Waals surface area contributed by atoms with Crippen LogP contribution in [0, 0.1) is 0 Å². The van der Waals surface area contributed by atoms with Crippen LogP contribution in [0.1, 0.15) is 0 Å². The molecule has 258 valence electrons. The second-order valence-corrected chi connectivity index (χ2v) is 15.0. The van der Waals surface area contributed by atoms with Crippen molar-refractivity contribution in [1.29, 1.82) is 0 Å². The molecule has 4 nitrogen and oxygen atoms in total. The van der Waals surface area contributed by atoms with E-state index >= 15 is 0 Å². The van der Waals surface area contributed by atoms with Crippen LogP contribution in [0.4, 0.5) is 0 Å². The van der Waals surface area contributed by atoms with Gasteiger partial charge < -0.3 is 4.40 Å². The van der Waals surface area contributed by atoms with Gasteiger partial charge in [-0.2, -0.15) is 0 Å². The van der Waals surface area contributed by atoms with Crippen molar-refractivity contribution in [2.75, 3.05) is 0 Å². The van der Waals surface area contributed by atoms with Crippen molar-refractivity contribution in [3.05, 3.63) is 182 Å². The lowest BCUT2D eigenvalue weighted by Gasteiger charge is -2.13. The van der Waals surface area contributed by atoms with Gasteiger partial charge in [-0.15, -0.1) is 0 Å². The summed E-state index contributed by atoms with van der Waals surface area (Å²) in [6, 6.07) is 65.9. The number of benzene rings is 9. The maximum Gasteiger partial charge on any atom is 0.235 e. The van der Waals surface area contributed by atoms with Crippen LogP contribution >= 0.6 is 0 Å². The van der Waals surface area contributed by atoms with E-state index < -0.39 is 0 Å².